The van der Waals surface area contributed by atoms with E-state index < -0.39 is 41.7 Å². The second-order valence-electron chi connectivity index (χ2n) is 9.28. The number of piperazine rings is 1. The summed E-state index contributed by atoms with van der Waals surface area (Å²) in [4.78, 5) is 27.1. The van der Waals surface area contributed by atoms with E-state index in [1.807, 2.05) is 11.9 Å². The van der Waals surface area contributed by atoms with Gasteiger partial charge in [0.1, 0.15) is 5.82 Å². The molecule has 0 saturated carbocycles. The first-order chi connectivity index (χ1) is 18.2. The third kappa shape index (κ3) is 6.47. The van der Waals surface area contributed by atoms with Gasteiger partial charge in [-0.25, -0.2) is 14.4 Å². The lowest BCUT2D eigenvalue weighted by Gasteiger charge is -2.32. The molecule has 1 amide bonds. The van der Waals surface area contributed by atoms with Crippen LogP contribution in [-0.2, 0) is 18.9 Å². The molecule has 13 heteroatoms. The Morgan fingerprint density at radius 3 is 2.10 bits per heavy atom. The molecule has 1 fully saturated rings. The highest BCUT2D eigenvalue weighted by Crippen LogP contribution is 2.37. The van der Waals surface area contributed by atoms with Crippen molar-refractivity contribution in [3.8, 4) is 11.3 Å². The lowest BCUT2D eigenvalue weighted by atomic mass is 10.0. The molecule has 1 aliphatic rings. The standard InChI is InChI=1S/C26H24F7N5O/c1-36-7-9-38(10-8-36)24-34-14-20(22(35-24)19-5-3-4-6-21(19)27)23(39)37(2)15-16-11-17(25(28,29)30)13-18(12-16)26(31,32)33/h3-6,11-14H,7-10,15H2,1-2H3. The molecule has 2 heterocycles. The second-order valence-corrected chi connectivity index (χ2v) is 9.28. The van der Waals surface area contributed by atoms with Crippen LogP contribution in [0.2, 0.25) is 0 Å². The van der Waals surface area contributed by atoms with E-state index in [1.165, 1.54) is 31.4 Å². The maximum Gasteiger partial charge on any atom is 0.416 e. The Kier molecular flexibility index (Phi) is 7.82. The molecule has 39 heavy (non-hydrogen) atoms. The number of carbonyl (C=O) groups is 1. The molecule has 0 unspecified atom stereocenters. The molecule has 2 aromatic carbocycles. The number of hydrogen-bond acceptors (Lipinski definition) is 5. The van der Waals surface area contributed by atoms with E-state index in [0.717, 1.165) is 18.0 Å². The van der Waals surface area contributed by atoms with Crippen molar-refractivity contribution in [1.29, 1.82) is 0 Å². The lowest BCUT2D eigenvalue weighted by molar-refractivity contribution is -0.143. The average Bonchev–Trinajstić information content (AvgIpc) is 2.87. The fourth-order valence-corrected chi connectivity index (χ4v) is 4.21. The Morgan fingerprint density at radius 1 is 0.949 bits per heavy atom. The number of benzene rings is 2. The number of halogens is 7. The van der Waals surface area contributed by atoms with E-state index >= 15 is 0 Å². The second kappa shape index (κ2) is 10.8. The van der Waals surface area contributed by atoms with Gasteiger partial charge in [-0.2, -0.15) is 26.3 Å². The number of amides is 1. The largest absolute Gasteiger partial charge is 0.416 e. The van der Waals surface area contributed by atoms with Crippen LogP contribution < -0.4 is 4.90 Å². The number of alkyl halides is 6. The van der Waals surface area contributed by atoms with E-state index in [1.54, 1.807) is 6.07 Å². The molecule has 6 nitrogen and oxygen atoms in total. The Hall–Kier alpha value is -3.74. The topological polar surface area (TPSA) is 52.6 Å². The summed E-state index contributed by atoms with van der Waals surface area (Å²) in [5, 5.41) is 0. The van der Waals surface area contributed by atoms with Crippen LogP contribution in [0, 0.1) is 5.82 Å². The summed E-state index contributed by atoms with van der Waals surface area (Å²) in [6.45, 7) is 2.08. The highest BCUT2D eigenvalue weighted by Gasteiger charge is 2.37. The van der Waals surface area contributed by atoms with Crippen molar-refractivity contribution in [3.05, 3.63) is 76.7 Å². The predicted molar refractivity (Wildman–Crippen MR) is 129 cm³/mol. The van der Waals surface area contributed by atoms with Crippen LogP contribution in [0.3, 0.4) is 0 Å². The van der Waals surface area contributed by atoms with Gasteiger partial charge in [-0.1, -0.05) is 12.1 Å². The van der Waals surface area contributed by atoms with Crippen molar-refractivity contribution in [1.82, 2.24) is 19.8 Å². The molecular formula is C26H24F7N5O. The molecule has 0 radical (unpaired) electrons. The van der Waals surface area contributed by atoms with Gasteiger partial charge in [0.2, 0.25) is 5.95 Å². The molecule has 0 aliphatic carbocycles. The van der Waals surface area contributed by atoms with E-state index in [2.05, 4.69) is 14.9 Å². The van der Waals surface area contributed by atoms with Gasteiger partial charge in [0, 0.05) is 51.5 Å². The minimum absolute atomic E-state index is 0.00505. The minimum Gasteiger partial charge on any atom is -0.338 e. The van der Waals surface area contributed by atoms with Gasteiger partial charge in [0.15, 0.2) is 0 Å². The number of anilines is 1. The quantitative estimate of drug-likeness (QED) is 0.398. The third-order valence-corrected chi connectivity index (χ3v) is 6.34. The molecular weight excluding hydrogens is 531 g/mol. The number of likely N-dealkylation sites (N-methyl/N-ethyl adjacent to an activating group) is 1. The zero-order valence-electron chi connectivity index (χ0n) is 20.9. The van der Waals surface area contributed by atoms with Crippen LogP contribution in [-0.4, -0.2) is 65.9 Å². The highest BCUT2D eigenvalue weighted by atomic mass is 19.4. The zero-order valence-corrected chi connectivity index (χ0v) is 20.9. The van der Waals surface area contributed by atoms with Crippen molar-refractivity contribution in [3.63, 3.8) is 0 Å². The van der Waals surface area contributed by atoms with Gasteiger partial charge >= 0.3 is 12.4 Å². The summed E-state index contributed by atoms with van der Waals surface area (Å²) in [5.74, 6) is -1.19. The van der Waals surface area contributed by atoms with Crippen LogP contribution in [0.15, 0.2) is 48.7 Å². The van der Waals surface area contributed by atoms with Gasteiger partial charge in [-0.15, -0.1) is 0 Å². The van der Waals surface area contributed by atoms with E-state index in [9.17, 15) is 35.5 Å². The van der Waals surface area contributed by atoms with E-state index in [4.69, 9.17) is 0 Å². The van der Waals surface area contributed by atoms with Crippen molar-refractivity contribution in [2.24, 2.45) is 0 Å². The number of hydrogen-bond donors (Lipinski definition) is 0. The summed E-state index contributed by atoms with van der Waals surface area (Å²) in [7, 11) is 3.18. The number of aromatic nitrogens is 2. The maximum absolute atomic E-state index is 14.8. The smallest absolute Gasteiger partial charge is 0.338 e. The monoisotopic (exact) mass is 555 g/mol. The van der Waals surface area contributed by atoms with Crippen molar-refractivity contribution < 1.29 is 35.5 Å². The Balaban J connectivity index is 1.70. The number of nitrogens with zero attached hydrogens (tertiary/aromatic N) is 5. The lowest BCUT2D eigenvalue weighted by Crippen LogP contribution is -2.45. The number of carbonyl (C=O) groups excluding carboxylic acids is 1. The molecule has 0 N–H and O–H groups in total. The van der Waals surface area contributed by atoms with Crippen LogP contribution in [0.4, 0.5) is 36.7 Å². The van der Waals surface area contributed by atoms with Gasteiger partial charge in [0.25, 0.3) is 5.91 Å². The minimum atomic E-state index is -5.02. The maximum atomic E-state index is 14.8. The van der Waals surface area contributed by atoms with Gasteiger partial charge < -0.3 is 14.7 Å². The van der Waals surface area contributed by atoms with Crippen molar-refractivity contribution >= 4 is 11.9 Å². The number of rotatable bonds is 5. The van der Waals surface area contributed by atoms with Crippen LogP contribution in [0.5, 0.6) is 0 Å². The van der Waals surface area contributed by atoms with E-state index in [-0.39, 0.29) is 34.4 Å². The first kappa shape index (κ1) is 28.3. The fourth-order valence-electron chi connectivity index (χ4n) is 4.21. The van der Waals surface area contributed by atoms with Crippen molar-refractivity contribution in [2.45, 2.75) is 18.9 Å². The Bertz CT molecular complexity index is 1320. The summed E-state index contributed by atoms with van der Waals surface area (Å²) in [6, 6.07) is 6.76. The molecule has 1 saturated heterocycles. The van der Waals surface area contributed by atoms with Gasteiger partial charge in [0.05, 0.1) is 22.4 Å². The van der Waals surface area contributed by atoms with Gasteiger partial charge in [-0.05, 0) is 42.9 Å². The van der Waals surface area contributed by atoms with Crippen LogP contribution in [0.1, 0.15) is 27.0 Å². The molecule has 1 aliphatic heterocycles. The van der Waals surface area contributed by atoms with Crippen molar-refractivity contribution in [2.75, 3.05) is 45.2 Å². The summed E-state index contributed by atoms with van der Waals surface area (Å²) in [5.41, 5.74) is -3.53. The molecule has 208 valence electrons. The molecule has 1 aromatic heterocycles. The first-order valence-electron chi connectivity index (χ1n) is 11.8. The Morgan fingerprint density at radius 2 is 1.54 bits per heavy atom. The zero-order chi connectivity index (χ0) is 28.5. The highest BCUT2D eigenvalue weighted by molar-refractivity contribution is 5.99. The summed E-state index contributed by atoms with van der Waals surface area (Å²) >= 11 is 0. The average molecular weight is 555 g/mol. The SMILES string of the molecule is CN1CCN(c2ncc(C(=O)N(C)Cc3cc(C(F)(F)F)cc(C(F)(F)F)c3)c(-c3ccccc3F)n2)CC1. The fraction of sp³-hybridized carbons (Fsp3) is 0.346. The third-order valence-electron chi connectivity index (χ3n) is 6.34. The van der Waals surface area contributed by atoms with Crippen LogP contribution in [0.25, 0.3) is 11.3 Å². The van der Waals surface area contributed by atoms with Gasteiger partial charge in [-0.3, -0.25) is 4.79 Å². The first-order valence-corrected chi connectivity index (χ1v) is 11.8. The van der Waals surface area contributed by atoms with Crippen LogP contribution >= 0.6 is 0 Å². The summed E-state index contributed by atoms with van der Waals surface area (Å²) < 4.78 is 94.5. The van der Waals surface area contributed by atoms with E-state index in [0.29, 0.717) is 25.2 Å². The normalized spacial score (nSPS) is 14.9. The predicted octanol–water partition coefficient (Wildman–Crippen LogP) is 5.34. The molecule has 4 rings (SSSR count). The summed E-state index contributed by atoms with van der Waals surface area (Å²) in [6.07, 6.45) is -8.85. The molecule has 0 atom stereocenters. The molecule has 0 spiro atoms. The molecule has 0 bridgehead atoms. The Labute approximate surface area is 219 Å². The molecule has 3 aromatic rings.